The molecule has 1 unspecified atom stereocenters. The van der Waals surface area contributed by atoms with Crippen molar-refractivity contribution >= 4 is 43.2 Å². The molecule has 1 nitrogen and oxygen atoms in total. The molecule has 0 amide bonds. The number of hydrogen-bond donors (Lipinski definition) is 1. The number of unbranched alkanes of at least 4 members (excludes halogenated alkanes) is 3. The molecule has 0 aromatic carbocycles. The van der Waals surface area contributed by atoms with Gasteiger partial charge in [0.2, 0.25) is 0 Å². The van der Waals surface area contributed by atoms with Crippen molar-refractivity contribution in [1.29, 1.82) is 0 Å². The summed E-state index contributed by atoms with van der Waals surface area (Å²) in [5.74, 6) is 0. The van der Waals surface area contributed by atoms with E-state index in [9.17, 15) is 0 Å². The normalized spacial score (nSPS) is 12.9. The molecule has 0 radical (unpaired) electrons. The summed E-state index contributed by atoms with van der Waals surface area (Å²) < 4.78 is 2.46. The molecule has 0 spiro atoms. The molecule has 17 heavy (non-hydrogen) atoms. The second kappa shape index (κ2) is 8.68. The fourth-order valence-electron chi connectivity index (χ4n) is 1.98. The minimum absolute atomic E-state index is 0.494. The molecule has 1 aromatic rings. The summed E-state index contributed by atoms with van der Waals surface area (Å²) in [6.07, 6.45) is 6.55. The van der Waals surface area contributed by atoms with Gasteiger partial charge in [-0.1, -0.05) is 39.5 Å². The van der Waals surface area contributed by atoms with Crippen LogP contribution in [0.5, 0.6) is 0 Å². The molecule has 1 atom stereocenters. The van der Waals surface area contributed by atoms with Gasteiger partial charge >= 0.3 is 0 Å². The van der Waals surface area contributed by atoms with Gasteiger partial charge in [0.15, 0.2) is 0 Å². The van der Waals surface area contributed by atoms with Crippen LogP contribution < -0.4 is 5.32 Å². The Labute approximate surface area is 126 Å². The Balaban J connectivity index is 2.55. The van der Waals surface area contributed by atoms with E-state index >= 15 is 0 Å². The van der Waals surface area contributed by atoms with E-state index in [4.69, 9.17) is 0 Å². The minimum Gasteiger partial charge on any atom is -0.310 e. The van der Waals surface area contributed by atoms with Crippen LogP contribution >= 0.6 is 43.2 Å². The summed E-state index contributed by atoms with van der Waals surface area (Å²) in [6, 6.07) is 2.73. The average Bonchev–Trinajstić information content (AvgIpc) is 2.62. The van der Waals surface area contributed by atoms with Gasteiger partial charge < -0.3 is 5.32 Å². The molecule has 0 saturated carbocycles. The van der Waals surface area contributed by atoms with Crippen LogP contribution in [0.15, 0.2) is 13.6 Å². The molecule has 0 aliphatic rings. The van der Waals surface area contributed by atoms with Gasteiger partial charge in [0.05, 0.1) is 7.57 Å². The minimum atomic E-state index is 0.494. The molecule has 98 valence electrons. The number of hydrogen-bond acceptors (Lipinski definition) is 2. The molecule has 0 aliphatic carbocycles. The number of nitrogens with one attached hydrogen (secondary N) is 1. The van der Waals surface area contributed by atoms with E-state index in [0.717, 1.165) is 6.54 Å². The molecule has 1 heterocycles. The fourth-order valence-corrected chi connectivity index (χ4v) is 4.95. The van der Waals surface area contributed by atoms with Gasteiger partial charge in [-0.05, 0) is 56.5 Å². The molecule has 0 aliphatic heterocycles. The van der Waals surface area contributed by atoms with Crippen molar-refractivity contribution in [2.45, 2.75) is 52.0 Å². The highest BCUT2D eigenvalue weighted by molar-refractivity contribution is 9.12. The van der Waals surface area contributed by atoms with Crippen molar-refractivity contribution in [3.8, 4) is 0 Å². The smallest absolute Gasteiger partial charge is 0.0758 e. The van der Waals surface area contributed by atoms with Crippen molar-refractivity contribution in [1.82, 2.24) is 5.32 Å². The Morgan fingerprint density at radius 3 is 2.53 bits per heavy atom. The zero-order valence-electron chi connectivity index (χ0n) is 10.6. The lowest BCUT2D eigenvalue weighted by atomic mass is 10.0. The third-order valence-electron chi connectivity index (χ3n) is 2.86. The third kappa shape index (κ3) is 5.41. The van der Waals surface area contributed by atoms with E-state index in [1.807, 2.05) is 0 Å². The molecule has 0 bridgehead atoms. The molecule has 0 fully saturated rings. The van der Waals surface area contributed by atoms with Crippen molar-refractivity contribution in [2.24, 2.45) is 0 Å². The number of thiophene rings is 1. The van der Waals surface area contributed by atoms with Gasteiger partial charge in [-0.2, -0.15) is 0 Å². The van der Waals surface area contributed by atoms with Crippen LogP contribution in [0.3, 0.4) is 0 Å². The summed E-state index contributed by atoms with van der Waals surface area (Å²) >= 11 is 8.98. The molecule has 4 heteroatoms. The van der Waals surface area contributed by atoms with Gasteiger partial charge in [-0.15, -0.1) is 11.3 Å². The Kier molecular flexibility index (Phi) is 8.00. The van der Waals surface area contributed by atoms with Gasteiger partial charge in [0, 0.05) is 6.04 Å². The van der Waals surface area contributed by atoms with Crippen molar-refractivity contribution in [2.75, 3.05) is 6.54 Å². The topological polar surface area (TPSA) is 12.0 Å². The highest BCUT2D eigenvalue weighted by atomic mass is 79.9. The van der Waals surface area contributed by atoms with Crippen molar-refractivity contribution < 1.29 is 0 Å². The molecule has 0 saturated heterocycles. The highest BCUT2D eigenvalue weighted by Gasteiger charge is 2.15. The predicted octanol–water partition coefficient (Wildman–Crippen LogP) is 5.89. The second-order valence-electron chi connectivity index (χ2n) is 4.24. The zero-order chi connectivity index (χ0) is 12.7. The predicted molar refractivity (Wildman–Crippen MR) is 84.9 cm³/mol. The molecule has 1 aromatic heterocycles. The van der Waals surface area contributed by atoms with Crippen LogP contribution in [0, 0.1) is 0 Å². The first-order valence-corrected chi connectivity index (χ1v) is 8.77. The molecular weight excluding hydrogens is 362 g/mol. The van der Waals surface area contributed by atoms with Crippen LogP contribution in [0.1, 0.15) is 57.6 Å². The number of rotatable bonds is 8. The Hall–Kier alpha value is 0.620. The maximum atomic E-state index is 3.66. The van der Waals surface area contributed by atoms with Gasteiger partial charge in [0.25, 0.3) is 0 Å². The maximum Gasteiger partial charge on any atom is 0.0758 e. The maximum absolute atomic E-state index is 3.66. The summed E-state index contributed by atoms with van der Waals surface area (Å²) in [7, 11) is 0. The Bertz CT molecular complexity index is 325. The fraction of sp³-hybridized carbons (Fsp3) is 0.692. The highest BCUT2D eigenvalue weighted by Crippen LogP contribution is 2.37. The van der Waals surface area contributed by atoms with Gasteiger partial charge in [-0.3, -0.25) is 0 Å². The average molecular weight is 383 g/mol. The van der Waals surface area contributed by atoms with Gasteiger partial charge in [0.1, 0.15) is 0 Å². The van der Waals surface area contributed by atoms with E-state index in [-0.39, 0.29) is 0 Å². The SMILES string of the molecule is CCCCCCC(NCC)c1cc(Br)sc1Br. The monoisotopic (exact) mass is 381 g/mol. The Morgan fingerprint density at radius 1 is 1.24 bits per heavy atom. The molecular formula is C13H21Br2NS. The van der Waals surface area contributed by atoms with E-state index in [1.54, 1.807) is 11.3 Å². The molecule has 1 N–H and O–H groups in total. The van der Waals surface area contributed by atoms with E-state index in [2.05, 4.69) is 57.1 Å². The van der Waals surface area contributed by atoms with E-state index < -0.39 is 0 Å². The lowest BCUT2D eigenvalue weighted by Gasteiger charge is -2.17. The van der Waals surface area contributed by atoms with Crippen molar-refractivity contribution in [3.63, 3.8) is 0 Å². The zero-order valence-corrected chi connectivity index (χ0v) is 14.6. The largest absolute Gasteiger partial charge is 0.310 e. The first kappa shape index (κ1) is 15.7. The first-order chi connectivity index (χ1) is 8.19. The van der Waals surface area contributed by atoms with Crippen LogP contribution in [0.4, 0.5) is 0 Å². The first-order valence-electron chi connectivity index (χ1n) is 6.37. The summed E-state index contributed by atoms with van der Waals surface area (Å²) in [5.41, 5.74) is 1.40. The van der Waals surface area contributed by atoms with E-state index in [0.29, 0.717) is 6.04 Å². The Morgan fingerprint density at radius 2 is 2.00 bits per heavy atom. The lowest BCUT2D eigenvalue weighted by Crippen LogP contribution is -2.20. The second-order valence-corrected chi connectivity index (χ2v) is 7.99. The van der Waals surface area contributed by atoms with Gasteiger partial charge in [-0.25, -0.2) is 0 Å². The molecule has 1 rings (SSSR count). The standard InChI is InChI=1S/C13H21Br2NS/c1-3-5-6-7-8-11(16-4-2)10-9-12(14)17-13(10)15/h9,11,16H,3-8H2,1-2H3. The van der Waals surface area contributed by atoms with Crippen LogP contribution in [-0.2, 0) is 0 Å². The van der Waals surface area contributed by atoms with Crippen molar-refractivity contribution in [3.05, 3.63) is 19.2 Å². The van der Waals surface area contributed by atoms with Crippen LogP contribution in [0.25, 0.3) is 0 Å². The van der Waals surface area contributed by atoms with E-state index in [1.165, 1.54) is 45.2 Å². The summed E-state index contributed by atoms with van der Waals surface area (Å²) in [4.78, 5) is 0. The number of halogens is 2. The summed E-state index contributed by atoms with van der Waals surface area (Å²) in [5, 5.41) is 3.59. The quantitative estimate of drug-likeness (QED) is 0.552. The lowest BCUT2D eigenvalue weighted by molar-refractivity contribution is 0.481. The summed E-state index contributed by atoms with van der Waals surface area (Å²) in [6.45, 7) is 5.46. The third-order valence-corrected chi connectivity index (χ3v) is 5.24. The van der Waals surface area contributed by atoms with Crippen LogP contribution in [-0.4, -0.2) is 6.54 Å². The van der Waals surface area contributed by atoms with Crippen LogP contribution in [0.2, 0.25) is 0 Å².